The zero-order chi connectivity index (χ0) is 17.4. The molecule has 0 unspecified atom stereocenters. The largest absolute Gasteiger partial charge is 0.362 e. The quantitative estimate of drug-likeness (QED) is 0.486. The number of thiocarbonyl (C=S) groups is 1. The number of thioether (sulfide) groups is 1. The second kappa shape index (κ2) is 9.92. The van der Waals surface area contributed by atoms with Crippen molar-refractivity contribution in [1.29, 1.82) is 0 Å². The van der Waals surface area contributed by atoms with Crippen molar-refractivity contribution >= 4 is 46.4 Å². The molecule has 0 saturated heterocycles. The van der Waals surface area contributed by atoms with E-state index in [2.05, 4.69) is 48.7 Å². The van der Waals surface area contributed by atoms with Gasteiger partial charge >= 0.3 is 0 Å². The maximum absolute atomic E-state index is 6.16. The lowest BCUT2D eigenvalue weighted by molar-refractivity contribution is 0.854. The highest BCUT2D eigenvalue weighted by molar-refractivity contribution is 7.98. The van der Waals surface area contributed by atoms with Crippen LogP contribution in [-0.2, 0) is 5.75 Å². The Morgan fingerprint density at radius 2 is 1.96 bits per heavy atom. The molecule has 0 fully saturated rings. The molecule has 0 aliphatic heterocycles. The van der Waals surface area contributed by atoms with Gasteiger partial charge in [0, 0.05) is 23.0 Å². The van der Waals surface area contributed by atoms with Crippen LogP contribution in [-0.4, -0.2) is 17.4 Å². The van der Waals surface area contributed by atoms with Gasteiger partial charge in [-0.3, -0.25) is 0 Å². The van der Waals surface area contributed by atoms with Gasteiger partial charge in [-0.05, 0) is 67.1 Å². The van der Waals surface area contributed by atoms with E-state index >= 15 is 0 Å². The van der Waals surface area contributed by atoms with E-state index in [1.165, 1.54) is 16.7 Å². The van der Waals surface area contributed by atoms with Crippen LogP contribution in [0.5, 0.6) is 0 Å². The predicted octanol–water partition coefficient (Wildman–Crippen LogP) is 5.57. The van der Waals surface area contributed by atoms with Gasteiger partial charge in [0.15, 0.2) is 5.11 Å². The minimum absolute atomic E-state index is 0.680. The standard InChI is InChI=1S/C19H23ClN2S2/c1-14-8-9-15(2)18(12-14)22-19(23)21-10-5-11-24-13-16-6-3-4-7-17(16)20/h3-4,6-9,12H,5,10-11,13H2,1-2H3,(H2,21,22,23). The molecule has 0 saturated carbocycles. The minimum atomic E-state index is 0.680. The van der Waals surface area contributed by atoms with E-state index in [9.17, 15) is 0 Å². The van der Waals surface area contributed by atoms with Gasteiger partial charge in [-0.25, -0.2) is 0 Å². The highest BCUT2D eigenvalue weighted by Crippen LogP contribution is 2.21. The van der Waals surface area contributed by atoms with E-state index in [4.69, 9.17) is 23.8 Å². The average molecular weight is 379 g/mol. The third kappa shape index (κ3) is 6.34. The molecule has 0 aliphatic rings. The highest BCUT2D eigenvalue weighted by atomic mass is 35.5. The number of aryl methyl sites for hydroxylation is 2. The molecule has 0 radical (unpaired) electrons. The molecular formula is C19H23ClN2S2. The summed E-state index contributed by atoms with van der Waals surface area (Å²) in [5, 5.41) is 8.07. The first kappa shape index (κ1) is 19.1. The molecule has 0 spiro atoms. The Bertz CT molecular complexity index is 689. The summed E-state index contributed by atoms with van der Waals surface area (Å²) in [6.07, 6.45) is 1.06. The van der Waals surface area contributed by atoms with Gasteiger partial charge in [0.1, 0.15) is 0 Å². The zero-order valence-electron chi connectivity index (χ0n) is 14.1. The number of rotatable bonds is 7. The van der Waals surface area contributed by atoms with Crippen molar-refractivity contribution in [3.8, 4) is 0 Å². The Kier molecular flexibility index (Phi) is 7.89. The van der Waals surface area contributed by atoms with Crippen LogP contribution < -0.4 is 10.6 Å². The summed E-state index contributed by atoms with van der Waals surface area (Å²) in [4.78, 5) is 0. The monoisotopic (exact) mass is 378 g/mol. The molecule has 0 bridgehead atoms. The molecule has 0 amide bonds. The lowest BCUT2D eigenvalue weighted by Gasteiger charge is -2.13. The average Bonchev–Trinajstić information content (AvgIpc) is 2.56. The Morgan fingerprint density at radius 3 is 2.75 bits per heavy atom. The minimum Gasteiger partial charge on any atom is -0.362 e. The van der Waals surface area contributed by atoms with Crippen molar-refractivity contribution < 1.29 is 0 Å². The Balaban J connectivity index is 1.63. The molecule has 2 nitrogen and oxygen atoms in total. The van der Waals surface area contributed by atoms with Crippen LogP contribution in [0.25, 0.3) is 0 Å². The van der Waals surface area contributed by atoms with Crippen molar-refractivity contribution in [2.24, 2.45) is 0 Å². The summed E-state index contributed by atoms with van der Waals surface area (Å²) < 4.78 is 0. The third-order valence-electron chi connectivity index (χ3n) is 3.61. The molecule has 2 aromatic rings. The summed E-state index contributed by atoms with van der Waals surface area (Å²) in [6, 6.07) is 14.3. The molecule has 2 rings (SSSR count). The Morgan fingerprint density at radius 1 is 1.17 bits per heavy atom. The third-order valence-corrected chi connectivity index (χ3v) is 5.32. The van der Waals surface area contributed by atoms with Gasteiger partial charge in [0.2, 0.25) is 0 Å². The van der Waals surface area contributed by atoms with Crippen LogP contribution in [0.2, 0.25) is 5.02 Å². The van der Waals surface area contributed by atoms with E-state index in [0.29, 0.717) is 5.11 Å². The fourth-order valence-corrected chi connectivity index (χ4v) is 3.67. The zero-order valence-corrected chi connectivity index (χ0v) is 16.5. The lowest BCUT2D eigenvalue weighted by atomic mass is 10.1. The van der Waals surface area contributed by atoms with Crippen molar-refractivity contribution in [3.63, 3.8) is 0 Å². The highest BCUT2D eigenvalue weighted by Gasteiger charge is 2.02. The summed E-state index contributed by atoms with van der Waals surface area (Å²) >= 11 is 13.4. The van der Waals surface area contributed by atoms with Crippen molar-refractivity contribution in [3.05, 3.63) is 64.2 Å². The second-order valence-electron chi connectivity index (χ2n) is 5.70. The van der Waals surface area contributed by atoms with E-state index in [1.807, 2.05) is 30.0 Å². The smallest absolute Gasteiger partial charge is 0.170 e. The fraction of sp³-hybridized carbons (Fsp3) is 0.316. The topological polar surface area (TPSA) is 24.1 Å². The van der Waals surface area contributed by atoms with E-state index < -0.39 is 0 Å². The number of anilines is 1. The predicted molar refractivity (Wildman–Crippen MR) is 112 cm³/mol. The maximum Gasteiger partial charge on any atom is 0.170 e. The van der Waals surface area contributed by atoms with Crippen LogP contribution >= 0.6 is 35.6 Å². The number of halogens is 1. The van der Waals surface area contributed by atoms with Crippen molar-refractivity contribution in [2.45, 2.75) is 26.0 Å². The summed E-state index contributed by atoms with van der Waals surface area (Å²) in [5.74, 6) is 2.02. The Hall–Kier alpha value is -1.23. The fourth-order valence-electron chi connectivity index (χ4n) is 2.21. The molecule has 0 aromatic heterocycles. The summed E-state index contributed by atoms with van der Waals surface area (Å²) in [7, 11) is 0. The van der Waals surface area contributed by atoms with Gasteiger partial charge in [0.25, 0.3) is 0 Å². The first-order valence-corrected chi connectivity index (χ1v) is 9.93. The lowest BCUT2D eigenvalue weighted by Crippen LogP contribution is -2.29. The first-order valence-electron chi connectivity index (χ1n) is 7.99. The van der Waals surface area contributed by atoms with Gasteiger partial charge < -0.3 is 10.6 Å². The normalized spacial score (nSPS) is 10.5. The molecule has 0 heterocycles. The molecule has 2 aromatic carbocycles. The van der Waals surface area contributed by atoms with Crippen LogP contribution in [0.1, 0.15) is 23.1 Å². The van der Waals surface area contributed by atoms with Crippen molar-refractivity contribution in [2.75, 3.05) is 17.6 Å². The Labute approximate surface area is 159 Å². The molecule has 24 heavy (non-hydrogen) atoms. The van der Waals surface area contributed by atoms with E-state index in [-0.39, 0.29) is 0 Å². The summed E-state index contributed by atoms with van der Waals surface area (Å²) in [5.41, 5.74) is 4.69. The molecule has 2 N–H and O–H groups in total. The molecule has 128 valence electrons. The van der Waals surface area contributed by atoms with Gasteiger partial charge in [-0.1, -0.05) is 41.9 Å². The number of hydrogen-bond donors (Lipinski definition) is 2. The first-order chi connectivity index (χ1) is 11.6. The number of hydrogen-bond acceptors (Lipinski definition) is 2. The second-order valence-corrected chi connectivity index (χ2v) is 7.62. The van der Waals surface area contributed by atoms with Gasteiger partial charge in [0.05, 0.1) is 0 Å². The molecule has 5 heteroatoms. The van der Waals surface area contributed by atoms with Crippen LogP contribution in [0.4, 0.5) is 5.69 Å². The van der Waals surface area contributed by atoms with Gasteiger partial charge in [-0.15, -0.1) is 0 Å². The van der Waals surface area contributed by atoms with Crippen LogP contribution in [0.15, 0.2) is 42.5 Å². The van der Waals surface area contributed by atoms with Crippen LogP contribution in [0, 0.1) is 13.8 Å². The van der Waals surface area contributed by atoms with Crippen molar-refractivity contribution in [1.82, 2.24) is 5.32 Å². The van der Waals surface area contributed by atoms with E-state index in [0.717, 1.165) is 35.2 Å². The molecule has 0 aliphatic carbocycles. The number of benzene rings is 2. The number of nitrogens with one attached hydrogen (secondary N) is 2. The molecule has 0 atom stereocenters. The van der Waals surface area contributed by atoms with Gasteiger partial charge in [-0.2, -0.15) is 11.8 Å². The van der Waals surface area contributed by atoms with E-state index in [1.54, 1.807) is 0 Å². The summed E-state index contributed by atoms with van der Waals surface area (Å²) in [6.45, 7) is 5.03. The van der Waals surface area contributed by atoms with Crippen LogP contribution in [0.3, 0.4) is 0 Å². The maximum atomic E-state index is 6.16. The molecular weight excluding hydrogens is 356 g/mol. The SMILES string of the molecule is Cc1ccc(C)c(NC(=S)NCCCSCc2ccccc2Cl)c1.